The van der Waals surface area contributed by atoms with Gasteiger partial charge in [-0.15, -0.1) is 0 Å². The summed E-state index contributed by atoms with van der Waals surface area (Å²) in [7, 11) is 1.58. The molecule has 3 amide bonds. The molecule has 0 aliphatic heterocycles. The van der Waals surface area contributed by atoms with E-state index in [4.69, 9.17) is 0 Å². The lowest BCUT2D eigenvalue weighted by Crippen LogP contribution is -2.40. The molecule has 0 aliphatic rings. The van der Waals surface area contributed by atoms with E-state index < -0.39 is 0 Å². The van der Waals surface area contributed by atoms with Gasteiger partial charge in [0.2, 0.25) is 5.91 Å². The first-order valence-electron chi connectivity index (χ1n) is 8.38. The molecule has 0 atom stereocenters. The van der Waals surface area contributed by atoms with E-state index in [9.17, 15) is 14.4 Å². The van der Waals surface area contributed by atoms with Gasteiger partial charge in [0.05, 0.1) is 6.54 Å². The molecule has 2 N–H and O–H groups in total. The summed E-state index contributed by atoms with van der Waals surface area (Å²) in [6.07, 6.45) is 0. The lowest BCUT2D eigenvalue weighted by Gasteiger charge is -2.18. The maximum atomic E-state index is 12.4. The normalized spacial score (nSPS) is 10.3. The van der Waals surface area contributed by atoms with Gasteiger partial charge in [-0.25, -0.2) is 0 Å². The van der Waals surface area contributed by atoms with Crippen molar-refractivity contribution in [3.8, 4) is 0 Å². The number of nitrogens with zero attached hydrogens (tertiary/aromatic N) is 1. The first-order chi connectivity index (χ1) is 12.4. The van der Waals surface area contributed by atoms with Crippen LogP contribution < -0.4 is 10.6 Å². The first-order valence-corrected chi connectivity index (χ1v) is 8.38. The van der Waals surface area contributed by atoms with Gasteiger partial charge in [-0.2, -0.15) is 0 Å². The smallest absolute Gasteiger partial charge is 0.255 e. The summed E-state index contributed by atoms with van der Waals surface area (Å²) in [6, 6.07) is 15.5. The van der Waals surface area contributed by atoms with Crippen LogP contribution in [0.25, 0.3) is 0 Å². The van der Waals surface area contributed by atoms with Crippen LogP contribution in [0.15, 0.2) is 54.6 Å². The Morgan fingerprint density at radius 1 is 0.923 bits per heavy atom. The monoisotopic (exact) mass is 353 g/mol. The highest BCUT2D eigenvalue weighted by molar-refractivity contribution is 6.04. The van der Waals surface area contributed by atoms with Gasteiger partial charge in [-0.1, -0.05) is 18.2 Å². The number of hydrogen-bond donors (Lipinski definition) is 2. The van der Waals surface area contributed by atoms with Crippen LogP contribution >= 0.6 is 0 Å². The fraction of sp³-hybridized carbons (Fsp3) is 0.250. The van der Waals surface area contributed by atoms with Crippen LogP contribution in [-0.2, 0) is 4.79 Å². The third-order valence-corrected chi connectivity index (χ3v) is 3.60. The fourth-order valence-corrected chi connectivity index (χ4v) is 2.36. The van der Waals surface area contributed by atoms with E-state index in [1.54, 1.807) is 55.6 Å². The molecule has 0 spiro atoms. The molecule has 6 nitrogen and oxygen atoms in total. The lowest BCUT2D eigenvalue weighted by molar-refractivity contribution is -0.122. The van der Waals surface area contributed by atoms with Crippen LogP contribution in [0.3, 0.4) is 0 Å². The zero-order valence-electron chi connectivity index (χ0n) is 15.2. The van der Waals surface area contributed by atoms with Gasteiger partial charge >= 0.3 is 0 Å². The van der Waals surface area contributed by atoms with E-state index in [1.807, 2.05) is 19.9 Å². The van der Waals surface area contributed by atoms with Crippen molar-refractivity contribution in [2.75, 3.05) is 18.9 Å². The minimum Gasteiger partial charge on any atom is -0.352 e. The highest BCUT2D eigenvalue weighted by Gasteiger charge is 2.15. The minimum atomic E-state index is -0.259. The number of benzene rings is 2. The molecule has 0 aromatic heterocycles. The maximum absolute atomic E-state index is 12.4. The summed E-state index contributed by atoms with van der Waals surface area (Å²) in [4.78, 5) is 37.6. The lowest BCUT2D eigenvalue weighted by atomic mass is 10.1. The summed E-state index contributed by atoms with van der Waals surface area (Å²) >= 11 is 0. The Hall–Kier alpha value is -3.15. The Balaban J connectivity index is 1.96. The molecule has 2 rings (SSSR count). The average Bonchev–Trinajstić information content (AvgIpc) is 2.61. The molecule has 0 unspecified atom stereocenters. The van der Waals surface area contributed by atoms with Gasteiger partial charge in [0.25, 0.3) is 11.8 Å². The predicted octanol–water partition coefficient (Wildman–Crippen LogP) is 2.54. The molecule has 136 valence electrons. The molecule has 0 radical (unpaired) electrons. The molecule has 2 aromatic carbocycles. The zero-order chi connectivity index (χ0) is 19.1. The fourth-order valence-electron chi connectivity index (χ4n) is 2.36. The third-order valence-electron chi connectivity index (χ3n) is 3.60. The number of amides is 3. The van der Waals surface area contributed by atoms with Crippen LogP contribution in [0, 0.1) is 0 Å². The van der Waals surface area contributed by atoms with Crippen molar-refractivity contribution < 1.29 is 14.4 Å². The minimum absolute atomic E-state index is 0.0104. The van der Waals surface area contributed by atoms with E-state index in [-0.39, 0.29) is 30.3 Å². The van der Waals surface area contributed by atoms with Gasteiger partial charge < -0.3 is 15.5 Å². The molecule has 6 heteroatoms. The average molecular weight is 353 g/mol. The topological polar surface area (TPSA) is 78.5 Å². The molecule has 0 bridgehead atoms. The van der Waals surface area contributed by atoms with E-state index in [0.29, 0.717) is 16.8 Å². The number of carbonyl (C=O) groups excluding carboxylic acids is 3. The molecule has 0 saturated carbocycles. The number of carbonyl (C=O) groups is 3. The van der Waals surface area contributed by atoms with Crippen molar-refractivity contribution in [2.45, 2.75) is 19.9 Å². The van der Waals surface area contributed by atoms with Crippen molar-refractivity contribution in [2.24, 2.45) is 0 Å². The van der Waals surface area contributed by atoms with E-state index in [1.165, 1.54) is 4.90 Å². The van der Waals surface area contributed by atoms with Gasteiger partial charge in [-0.3, -0.25) is 14.4 Å². The molecule has 0 aliphatic carbocycles. The largest absolute Gasteiger partial charge is 0.352 e. The molecular formula is C20H23N3O3. The van der Waals surface area contributed by atoms with Crippen LogP contribution in [0.2, 0.25) is 0 Å². The van der Waals surface area contributed by atoms with Crippen molar-refractivity contribution in [3.05, 3.63) is 65.7 Å². The van der Waals surface area contributed by atoms with Gasteiger partial charge in [0.15, 0.2) is 0 Å². The quantitative estimate of drug-likeness (QED) is 0.838. The summed E-state index contributed by atoms with van der Waals surface area (Å²) in [5, 5.41) is 5.53. The predicted molar refractivity (Wildman–Crippen MR) is 101 cm³/mol. The Morgan fingerprint density at radius 2 is 1.54 bits per heavy atom. The third kappa shape index (κ3) is 5.44. The van der Waals surface area contributed by atoms with E-state index in [0.717, 1.165) is 0 Å². The molecule has 0 saturated heterocycles. The summed E-state index contributed by atoms with van der Waals surface area (Å²) in [5.41, 5.74) is 1.60. The van der Waals surface area contributed by atoms with Crippen molar-refractivity contribution in [1.82, 2.24) is 10.2 Å². The van der Waals surface area contributed by atoms with Crippen LogP contribution in [0.5, 0.6) is 0 Å². The Labute approximate surface area is 153 Å². The second-order valence-corrected chi connectivity index (χ2v) is 6.28. The van der Waals surface area contributed by atoms with E-state index >= 15 is 0 Å². The second kappa shape index (κ2) is 8.80. The van der Waals surface area contributed by atoms with Gasteiger partial charge in [-0.05, 0) is 50.2 Å². The Bertz CT molecular complexity index is 771. The summed E-state index contributed by atoms with van der Waals surface area (Å²) < 4.78 is 0. The molecule has 26 heavy (non-hydrogen) atoms. The van der Waals surface area contributed by atoms with Crippen molar-refractivity contribution in [3.63, 3.8) is 0 Å². The van der Waals surface area contributed by atoms with Crippen LogP contribution in [0.1, 0.15) is 34.6 Å². The standard InChI is InChI=1S/C20H23N3O3/c1-14(2)21-18(24)13-23(3)20(26)16-9-11-17(12-10-16)22-19(25)15-7-5-4-6-8-15/h4-12,14H,13H2,1-3H3,(H,21,24)(H,22,25). The summed E-state index contributed by atoms with van der Waals surface area (Å²) in [6.45, 7) is 3.72. The second-order valence-electron chi connectivity index (χ2n) is 6.28. The highest BCUT2D eigenvalue weighted by Crippen LogP contribution is 2.13. The molecule has 2 aromatic rings. The highest BCUT2D eigenvalue weighted by atomic mass is 16.2. The molecule has 0 heterocycles. The number of hydrogen-bond acceptors (Lipinski definition) is 3. The molecule has 0 fully saturated rings. The van der Waals surface area contributed by atoms with Crippen molar-refractivity contribution in [1.29, 1.82) is 0 Å². The zero-order valence-corrected chi connectivity index (χ0v) is 15.2. The maximum Gasteiger partial charge on any atom is 0.255 e. The molecular weight excluding hydrogens is 330 g/mol. The number of nitrogens with one attached hydrogen (secondary N) is 2. The number of rotatable bonds is 6. The first kappa shape index (κ1) is 19.2. The Kier molecular flexibility index (Phi) is 6.49. The number of likely N-dealkylation sites (N-methyl/N-ethyl adjacent to an activating group) is 1. The van der Waals surface area contributed by atoms with Crippen LogP contribution in [-0.4, -0.2) is 42.3 Å². The van der Waals surface area contributed by atoms with E-state index in [2.05, 4.69) is 10.6 Å². The SMILES string of the molecule is CC(C)NC(=O)CN(C)C(=O)c1ccc(NC(=O)c2ccccc2)cc1. The van der Waals surface area contributed by atoms with Crippen molar-refractivity contribution >= 4 is 23.4 Å². The summed E-state index contributed by atoms with van der Waals surface area (Å²) in [5.74, 6) is -0.681. The van der Waals surface area contributed by atoms with Gasteiger partial charge in [0, 0.05) is 29.9 Å². The number of anilines is 1. The van der Waals surface area contributed by atoms with Crippen LogP contribution in [0.4, 0.5) is 5.69 Å². The van der Waals surface area contributed by atoms with Gasteiger partial charge in [0.1, 0.15) is 0 Å². The Morgan fingerprint density at radius 3 is 2.12 bits per heavy atom.